The van der Waals surface area contributed by atoms with Gasteiger partial charge >= 0.3 is 0 Å². The van der Waals surface area contributed by atoms with E-state index < -0.39 is 0 Å². The van der Waals surface area contributed by atoms with Crippen LogP contribution in [-0.2, 0) is 0 Å². The number of aliphatic hydroxyl groups is 1. The van der Waals surface area contributed by atoms with Crippen molar-refractivity contribution in [2.75, 3.05) is 0 Å². The van der Waals surface area contributed by atoms with Gasteiger partial charge in [-0.3, -0.25) is 9.78 Å². The topological polar surface area (TPSA) is 50.2 Å². The first-order chi connectivity index (χ1) is 13.1. The van der Waals surface area contributed by atoms with Crippen LogP contribution >= 0.6 is 0 Å². The molecule has 3 aromatic rings. The Labute approximate surface area is 160 Å². The van der Waals surface area contributed by atoms with Crippen LogP contribution in [-0.4, -0.2) is 22.0 Å². The fourth-order valence-corrected chi connectivity index (χ4v) is 3.31. The number of Topliss-reactive ketones (excluding diaryl/α,β-unsaturated/α-hetero) is 1. The van der Waals surface area contributed by atoms with Crippen molar-refractivity contribution in [1.82, 2.24) is 4.98 Å². The van der Waals surface area contributed by atoms with Crippen molar-refractivity contribution in [1.29, 1.82) is 0 Å². The second-order valence-electron chi connectivity index (χ2n) is 6.90. The molecule has 0 aliphatic carbocycles. The third kappa shape index (κ3) is 4.69. The molecule has 0 aliphatic rings. The Morgan fingerprint density at radius 3 is 2.41 bits per heavy atom. The molecule has 3 nitrogen and oxygen atoms in total. The van der Waals surface area contributed by atoms with Gasteiger partial charge in [0.2, 0.25) is 0 Å². The Kier molecular flexibility index (Phi) is 6.15. The molecule has 2 unspecified atom stereocenters. The third-order valence-electron chi connectivity index (χ3n) is 4.98. The van der Waals surface area contributed by atoms with E-state index in [1.165, 1.54) is 0 Å². The zero-order valence-corrected chi connectivity index (χ0v) is 15.8. The van der Waals surface area contributed by atoms with Gasteiger partial charge in [0, 0.05) is 23.9 Å². The van der Waals surface area contributed by atoms with Gasteiger partial charge < -0.3 is 5.11 Å². The number of nitrogens with zero attached hydrogens (tertiary/aromatic N) is 1. The van der Waals surface area contributed by atoms with Crippen molar-refractivity contribution in [3.05, 3.63) is 89.7 Å². The number of aliphatic hydroxyl groups excluding tert-OH is 1. The Balaban J connectivity index is 1.91. The lowest BCUT2D eigenvalue weighted by Crippen LogP contribution is -2.12. The monoisotopic (exact) mass is 359 g/mol. The molecule has 0 aliphatic heterocycles. The molecule has 3 heteroatoms. The number of rotatable bonds is 7. The van der Waals surface area contributed by atoms with Crippen LogP contribution in [0.5, 0.6) is 0 Å². The van der Waals surface area contributed by atoms with Gasteiger partial charge in [-0.15, -0.1) is 0 Å². The summed E-state index contributed by atoms with van der Waals surface area (Å²) in [4.78, 5) is 15.9. The molecule has 27 heavy (non-hydrogen) atoms. The van der Waals surface area contributed by atoms with E-state index in [-0.39, 0.29) is 17.8 Å². The molecular formula is C24H25NO2. The molecule has 0 amide bonds. The smallest absolute Gasteiger partial charge is 0.159 e. The summed E-state index contributed by atoms with van der Waals surface area (Å²) >= 11 is 0. The lowest BCUT2D eigenvalue weighted by molar-refractivity contribution is 0.101. The van der Waals surface area contributed by atoms with Gasteiger partial charge in [-0.2, -0.15) is 0 Å². The van der Waals surface area contributed by atoms with E-state index in [9.17, 15) is 9.90 Å². The second-order valence-corrected chi connectivity index (χ2v) is 6.90. The van der Waals surface area contributed by atoms with Gasteiger partial charge in [0.1, 0.15) is 0 Å². The first kappa shape index (κ1) is 19.0. The summed E-state index contributed by atoms with van der Waals surface area (Å²) in [7, 11) is 0. The molecule has 0 saturated heterocycles. The number of carbonyl (C=O) groups is 1. The van der Waals surface area contributed by atoms with Gasteiger partial charge in [0.15, 0.2) is 5.78 Å². The largest absolute Gasteiger partial charge is 0.393 e. The van der Waals surface area contributed by atoms with E-state index in [2.05, 4.69) is 35.3 Å². The molecular weight excluding hydrogens is 334 g/mol. The summed E-state index contributed by atoms with van der Waals surface area (Å²) in [5.41, 5.74) is 5.08. The first-order valence-electron chi connectivity index (χ1n) is 9.37. The fourth-order valence-electron chi connectivity index (χ4n) is 3.31. The normalized spacial score (nSPS) is 13.1. The van der Waals surface area contributed by atoms with E-state index in [0.717, 1.165) is 34.2 Å². The predicted octanol–water partition coefficient (Wildman–Crippen LogP) is 5.24. The van der Waals surface area contributed by atoms with E-state index in [1.807, 2.05) is 43.5 Å². The summed E-state index contributed by atoms with van der Waals surface area (Å²) in [6.45, 7) is 3.58. The Morgan fingerprint density at radius 2 is 1.78 bits per heavy atom. The van der Waals surface area contributed by atoms with Crippen LogP contribution in [0.1, 0.15) is 54.1 Å². The quantitative estimate of drug-likeness (QED) is 0.587. The molecule has 0 saturated carbocycles. The van der Waals surface area contributed by atoms with Crippen LogP contribution in [0, 0.1) is 0 Å². The van der Waals surface area contributed by atoms with Crippen molar-refractivity contribution in [2.24, 2.45) is 0 Å². The Hall–Kier alpha value is -2.78. The predicted molar refractivity (Wildman–Crippen MR) is 109 cm³/mol. The number of pyridine rings is 1. The van der Waals surface area contributed by atoms with Gasteiger partial charge in [0.05, 0.1) is 6.10 Å². The minimum absolute atomic E-state index is 0.0682. The van der Waals surface area contributed by atoms with E-state index in [0.29, 0.717) is 6.42 Å². The van der Waals surface area contributed by atoms with Crippen LogP contribution in [0.2, 0.25) is 0 Å². The first-order valence-corrected chi connectivity index (χ1v) is 9.37. The third-order valence-corrected chi connectivity index (χ3v) is 4.98. The lowest BCUT2D eigenvalue weighted by atomic mass is 9.86. The van der Waals surface area contributed by atoms with Crippen LogP contribution in [0.15, 0.2) is 73.1 Å². The highest BCUT2D eigenvalue weighted by Crippen LogP contribution is 2.31. The lowest BCUT2D eigenvalue weighted by Gasteiger charge is -2.21. The summed E-state index contributed by atoms with van der Waals surface area (Å²) in [6.07, 6.45) is 4.69. The molecule has 1 aromatic heterocycles. The van der Waals surface area contributed by atoms with Crippen molar-refractivity contribution < 1.29 is 9.90 Å². The molecule has 138 valence electrons. The summed E-state index contributed by atoms with van der Waals surface area (Å²) in [5.74, 6) is 0.171. The number of hydrogen-bond donors (Lipinski definition) is 1. The van der Waals surface area contributed by atoms with Crippen molar-refractivity contribution in [2.45, 2.75) is 38.7 Å². The van der Waals surface area contributed by atoms with Gasteiger partial charge in [0.25, 0.3) is 0 Å². The van der Waals surface area contributed by atoms with Crippen LogP contribution in [0.25, 0.3) is 11.1 Å². The van der Waals surface area contributed by atoms with Crippen molar-refractivity contribution >= 4 is 5.78 Å². The summed E-state index contributed by atoms with van der Waals surface area (Å²) in [5, 5.41) is 10.2. The highest BCUT2D eigenvalue weighted by molar-refractivity contribution is 5.95. The molecule has 2 aromatic carbocycles. The SMILES string of the molecule is CCC(O)CC(c1ccc(-c2cccc(C(C)=O)c2)cc1)c1cccnc1. The minimum Gasteiger partial charge on any atom is -0.393 e. The summed E-state index contributed by atoms with van der Waals surface area (Å²) < 4.78 is 0. The molecule has 0 spiro atoms. The Bertz CT molecular complexity index is 888. The fraction of sp³-hybridized carbons (Fsp3) is 0.250. The number of carbonyl (C=O) groups excluding carboxylic acids is 1. The van der Waals surface area contributed by atoms with Crippen molar-refractivity contribution in [3.63, 3.8) is 0 Å². The zero-order valence-electron chi connectivity index (χ0n) is 15.8. The number of ketones is 1. The highest BCUT2D eigenvalue weighted by atomic mass is 16.3. The molecule has 3 rings (SSSR count). The molecule has 1 heterocycles. The van der Waals surface area contributed by atoms with Crippen LogP contribution in [0.4, 0.5) is 0 Å². The van der Waals surface area contributed by atoms with E-state index in [1.54, 1.807) is 13.1 Å². The van der Waals surface area contributed by atoms with Crippen LogP contribution < -0.4 is 0 Å². The van der Waals surface area contributed by atoms with E-state index >= 15 is 0 Å². The average molecular weight is 359 g/mol. The Morgan fingerprint density at radius 1 is 1.00 bits per heavy atom. The highest BCUT2D eigenvalue weighted by Gasteiger charge is 2.18. The molecule has 2 atom stereocenters. The zero-order chi connectivity index (χ0) is 19.2. The average Bonchev–Trinajstić information content (AvgIpc) is 2.72. The minimum atomic E-state index is -0.345. The maximum absolute atomic E-state index is 11.6. The van der Waals surface area contributed by atoms with Gasteiger partial charge in [-0.25, -0.2) is 0 Å². The number of aromatic nitrogens is 1. The maximum Gasteiger partial charge on any atom is 0.159 e. The van der Waals surface area contributed by atoms with Gasteiger partial charge in [-0.1, -0.05) is 55.5 Å². The standard InChI is InChI=1S/C24H25NO2/c1-3-23(27)15-24(22-8-5-13-25-16-22)19-11-9-18(10-12-19)21-7-4-6-20(14-21)17(2)26/h4-14,16,23-24,27H,3,15H2,1-2H3. The molecule has 1 N–H and O–H groups in total. The second kappa shape index (κ2) is 8.74. The van der Waals surface area contributed by atoms with E-state index in [4.69, 9.17) is 0 Å². The molecule has 0 radical (unpaired) electrons. The molecule has 0 bridgehead atoms. The van der Waals surface area contributed by atoms with Crippen LogP contribution in [0.3, 0.4) is 0 Å². The summed E-state index contributed by atoms with van der Waals surface area (Å²) in [6, 6.07) is 20.1. The maximum atomic E-state index is 11.6. The van der Waals surface area contributed by atoms with Gasteiger partial charge in [-0.05, 0) is 54.2 Å². The van der Waals surface area contributed by atoms with Crippen molar-refractivity contribution in [3.8, 4) is 11.1 Å². The number of hydrogen-bond acceptors (Lipinski definition) is 3. The molecule has 0 fully saturated rings. The number of benzene rings is 2.